The van der Waals surface area contributed by atoms with Crippen LogP contribution in [0.2, 0.25) is 5.02 Å². The number of hydrogen-bond donors (Lipinski definition) is 0. The fourth-order valence-electron chi connectivity index (χ4n) is 3.50. The van der Waals surface area contributed by atoms with Crippen molar-refractivity contribution in [2.75, 3.05) is 33.3 Å². The molecule has 122 valence electrons. The molecule has 1 aromatic carbocycles. The van der Waals surface area contributed by atoms with E-state index in [1.54, 1.807) is 0 Å². The molecule has 5 nitrogen and oxygen atoms in total. The zero-order chi connectivity index (χ0) is 15.8. The Morgan fingerprint density at radius 2 is 2.09 bits per heavy atom. The van der Waals surface area contributed by atoms with Crippen molar-refractivity contribution in [3.05, 3.63) is 47.2 Å². The van der Waals surface area contributed by atoms with Gasteiger partial charge >= 0.3 is 0 Å². The average molecular weight is 333 g/mol. The van der Waals surface area contributed by atoms with Gasteiger partial charge in [0.1, 0.15) is 0 Å². The molecule has 2 aliphatic heterocycles. The molecule has 2 aliphatic rings. The molecule has 23 heavy (non-hydrogen) atoms. The first-order valence-corrected chi connectivity index (χ1v) is 8.40. The Morgan fingerprint density at radius 3 is 2.87 bits per heavy atom. The molecule has 0 amide bonds. The van der Waals surface area contributed by atoms with Gasteiger partial charge in [0.2, 0.25) is 0 Å². The molecule has 2 atom stereocenters. The maximum absolute atomic E-state index is 5.94. The zero-order valence-electron chi connectivity index (χ0n) is 13.2. The van der Waals surface area contributed by atoms with Crippen molar-refractivity contribution >= 4 is 11.6 Å². The maximum atomic E-state index is 5.94. The van der Waals surface area contributed by atoms with Crippen molar-refractivity contribution in [1.29, 1.82) is 0 Å². The molecule has 1 aromatic heterocycles. The van der Waals surface area contributed by atoms with Gasteiger partial charge in [-0.05, 0) is 31.3 Å². The summed E-state index contributed by atoms with van der Waals surface area (Å²) in [6.07, 6.45) is 4.39. The highest BCUT2D eigenvalue weighted by molar-refractivity contribution is 6.30. The number of likely N-dealkylation sites (tertiary alicyclic amines) is 1. The van der Waals surface area contributed by atoms with Gasteiger partial charge < -0.3 is 4.74 Å². The third-order valence-electron chi connectivity index (χ3n) is 4.79. The Bertz CT molecular complexity index is 671. The molecular weight excluding hydrogens is 312 g/mol. The van der Waals surface area contributed by atoms with Gasteiger partial charge in [-0.2, -0.15) is 5.10 Å². The molecule has 0 N–H and O–H groups in total. The van der Waals surface area contributed by atoms with Crippen LogP contribution < -0.4 is 0 Å². The lowest BCUT2D eigenvalue weighted by molar-refractivity contribution is -0.0370. The van der Waals surface area contributed by atoms with E-state index < -0.39 is 0 Å². The van der Waals surface area contributed by atoms with Crippen molar-refractivity contribution < 1.29 is 4.74 Å². The first-order valence-electron chi connectivity index (χ1n) is 8.03. The van der Waals surface area contributed by atoms with E-state index in [1.165, 1.54) is 5.56 Å². The molecule has 2 unspecified atom stereocenters. The van der Waals surface area contributed by atoms with Crippen LogP contribution in [0, 0.1) is 0 Å². The van der Waals surface area contributed by atoms with Gasteiger partial charge in [0.25, 0.3) is 0 Å². The normalized spacial score (nSPS) is 25.7. The van der Waals surface area contributed by atoms with Crippen LogP contribution in [0.3, 0.4) is 0 Å². The Balaban J connectivity index is 1.43. The number of ether oxygens (including phenoxy) is 1. The number of fused-ring (bicyclic) bond motifs is 1. The average Bonchev–Trinajstić information content (AvgIpc) is 3.16. The first kappa shape index (κ1) is 15.1. The maximum Gasteiger partial charge on any atom is 0.0869 e. The van der Waals surface area contributed by atoms with E-state index in [4.69, 9.17) is 16.3 Å². The molecule has 0 bridgehead atoms. The summed E-state index contributed by atoms with van der Waals surface area (Å²) in [5.41, 5.74) is 2.25. The third-order valence-corrected chi connectivity index (χ3v) is 5.04. The first-order chi connectivity index (χ1) is 11.2. The number of halogens is 1. The summed E-state index contributed by atoms with van der Waals surface area (Å²) in [7, 11) is 2.20. The molecule has 2 aromatic rings. The minimum absolute atomic E-state index is 0.347. The summed E-state index contributed by atoms with van der Waals surface area (Å²) < 4.78 is 7.81. The highest BCUT2D eigenvalue weighted by Crippen LogP contribution is 2.23. The van der Waals surface area contributed by atoms with Crippen LogP contribution >= 0.6 is 11.6 Å². The van der Waals surface area contributed by atoms with E-state index >= 15 is 0 Å². The van der Waals surface area contributed by atoms with Gasteiger partial charge in [-0.15, -0.1) is 0 Å². The zero-order valence-corrected chi connectivity index (χ0v) is 14.0. The van der Waals surface area contributed by atoms with Crippen molar-refractivity contribution in [3.8, 4) is 5.69 Å². The highest BCUT2D eigenvalue weighted by Gasteiger charge is 2.38. The summed E-state index contributed by atoms with van der Waals surface area (Å²) in [6, 6.07) is 8.25. The lowest BCUT2D eigenvalue weighted by atomic mass is 10.1. The van der Waals surface area contributed by atoms with Gasteiger partial charge in [-0.1, -0.05) is 11.6 Å². The van der Waals surface area contributed by atoms with E-state index in [9.17, 15) is 0 Å². The lowest BCUT2D eigenvalue weighted by Crippen LogP contribution is -2.48. The van der Waals surface area contributed by atoms with Crippen LogP contribution in [-0.2, 0) is 11.3 Å². The van der Waals surface area contributed by atoms with Gasteiger partial charge in [0.05, 0.1) is 24.6 Å². The number of morpholine rings is 1. The van der Waals surface area contributed by atoms with E-state index in [1.807, 2.05) is 35.1 Å². The Kier molecular flexibility index (Phi) is 4.11. The highest BCUT2D eigenvalue weighted by atomic mass is 35.5. The molecule has 3 heterocycles. The molecule has 2 fully saturated rings. The van der Waals surface area contributed by atoms with Crippen LogP contribution in [0.15, 0.2) is 36.7 Å². The molecule has 0 spiro atoms. The van der Waals surface area contributed by atoms with Crippen LogP contribution in [0.5, 0.6) is 0 Å². The molecular formula is C17H21ClN4O. The molecule has 4 rings (SSSR count). The minimum Gasteiger partial charge on any atom is -0.374 e. The third kappa shape index (κ3) is 3.15. The van der Waals surface area contributed by atoms with Gasteiger partial charge in [0.15, 0.2) is 0 Å². The number of hydrogen-bond acceptors (Lipinski definition) is 4. The van der Waals surface area contributed by atoms with Gasteiger partial charge in [-0.3, -0.25) is 9.80 Å². The number of likely N-dealkylation sites (N-methyl/N-ethyl adjacent to an activating group) is 1. The van der Waals surface area contributed by atoms with E-state index in [-0.39, 0.29) is 0 Å². The number of rotatable bonds is 3. The minimum atomic E-state index is 0.347. The standard InChI is InChI=1S/C17H21ClN4O/c1-20-6-7-23-17-12-21(11-16(17)20)9-13-8-19-22(10-13)15-4-2-14(18)3-5-15/h2-5,8,10,16-17H,6-7,9,11-12H2,1H3. The largest absolute Gasteiger partial charge is 0.374 e. The Labute approximate surface area is 141 Å². The van der Waals surface area contributed by atoms with Crippen molar-refractivity contribution in [2.45, 2.75) is 18.7 Å². The van der Waals surface area contributed by atoms with E-state index in [2.05, 4.69) is 28.1 Å². The second-order valence-electron chi connectivity index (χ2n) is 6.42. The van der Waals surface area contributed by atoms with Crippen molar-refractivity contribution in [1.82, 2.24) is 19.6 Å². The number of benzene rings is 1. The predicted octanol–water partition coefficient (Wildman–Crippen LogP) is 2.04. The topological polar surface area (TPSA) is 33.5 Å². The fourth-order valence-corrected chi connectivity index (χ4v) is 3.62. The van der Waals surface area contributed by atoms with E-state index in [0.717, 1.165) is 43.5 Å². The smallest absolute Gasteiger partial charge is 0.0869 e. The van der Waals surface area contributed by atoms with Crippen LogP contribution in [-0.4, -0.2) is 65.0 Å². The Morgan fingerprint density at radius 1 is 1.26 bits per heavy atom. The number of aromatic nitrogens is 2. The Hall–Kier alpha value is -1.40. The molecule has 0 aliphatic carbocycles. The summed E-state index contributed by atoms with van der Waals surface area (Å²) in [5.74, 6) is 0. The summed E-state index contributed by atoms with van der Waals surface area (Å²) in [5, 5.41) is 5.21. The van der Waals surface area contributed by atoms with Gasteiger partial charge in [0, 0.05) is 49.0 Å². The molecule has 0 saturated carbocycles. The van der Waals surface area contributed by atoms with Crippen LogP contribution in [0.25, 0.3) is 5.69 Å². The van der Waals surface area contributed by atoms with Crippen molar-refractivity contribution in [3.63, 3.8) is 0 Å². The summed E-state index contributed by atoms with van der Waals surface area (Å²) >= 11 is 5.94. The summed E-state index contributed by atoms with van der Waals surface area (Å²) in [4.78, 5) is 4.88. The van der Waals surface area contributed by atoms with Crippen molar-refractivity contribution in [2.24, 2.45) is 0 Å². The molecule has 2 saturated heterocycles. The molecule has 0 radical (unpaired) electrons. The lowest BCUT2D eigenvalue weighted by Gasteiger charge is -2.33. The van der Waals surface area contributed by atoms with Gasteiger partial charge in [-0.25, -0.2) is 4.68 Å². The fraction of sp³-hybridized carbons (Fsp3) is 0.471. The monoisotopic (exact) mass is 332 g/mol. The van der Waals surface area contributed by atoms with Crippen LogP contribution in [0.4, 0.5) is 0 Å². The second-order valence-corrected chi connectivity index (χ2v) is 6.86. The quantitative estimate of drug-likeness (QED) is 0.861. The summed E-state index contributed by atoms with van der Waals surface area (Å²) in [6.45, 7) is 4.86. The van der Waals surface area contributed by atoms with E-state index in [0.29, 0.717) is 12.1 Å². The number of nitrogens with zero attached hydrogens (tertiary/aromatic N) is 4. The SMILES string of the molecule is CN1CCOC2CN(Cc3cnn(-c4ccc(Cl)cc4)c3)CC21. The molecule has 6 heteroatoms. The van der Waals surface area contributed by atoms with Crippen LogP contribution in [0.1, 0.15) is 5.56 Å². The second kappa shape index (κ2) is 6.24. The predicted molar refractivity (Wildman–Crippen MR) is 90.0 cm³/mol.